The monoisotopic (exact) mass is 267 g/mol. The number of benzene rings is 1. The summed E-state index contributed by atoms with van der Waals surface area (Å²) in [5.41, 5.74) is 9.51. The van der Waals surface area contributed by atoms with Gasteiger partial charge in [0.15, 0.2) is 0 Å². The molecule has 1 aromatic carbocycles. The first-order chi connectivity index (χ1) is 8.52. The average molecular weight is 267 g/mol. The minimum Gasteiger partial charge on any atom is -0.480 e. The molecule has 0 radical (unpaired) electrons. The average Bonchev–Trinajstić information content (AvgIpc) is 2.33. The van der Waals surface area contributed by atoms with Crippen molar-refractivity contribution in [2.75, 3.05) is 11.5 Å². The van der Waals surface area contributed by atoms with Crippen molar-refractivity contribution < 1.29 is 9.90 Å². The van der Waals surface area contributed by atoms with E-state index in [4.69, 9.17) is 10.8 Å². The van der Waals surface area contributed by atoms with Crippen LogP contribution in [-0.2, 0) is 11.2 Å². The Balaban J connectivity index is 2.26. The minimum absolute atomic E-state index is 0.535. The third-order valence-corrected chi connectivity index (χ3v) is 4.14. The summed E-state index contributed by atoms with van der Waals surface area (Å²) in [5, 5.41) is 8.65. The van der Waals surface area contributed by atoms with E-state index in [9.17, 15) is 4.79 Å². The molecule has 0 aromatic heterocycles. The van der Waals surface area contributed by atoms with E-state index in [2.05, 4.69) is 32.0 Å². The van der Waals surface area contributed by atoms with Crippen LogP contribution >= 0.6 is 11.8 Å². The molecule has 100 valence electrons. The largest absolute Gasteiger partial charge is 0.480 e. The Bertz CT molecular complexity index is 407. The van der Waals surface area contributed by atoms with Crippen molar-refractivity contribution in [3.05, 3.63) is 34.9 Å². The first-order valence-electron chi connectivity index (χ1n) is 6.13. The van der Waals surface area contributed by atoms with Crippen LogP contribution in [0.4, 0.5) is 0 Å². The Labute approximate surface area is 113 Å². The summed E-state index contributed by atoms with van der Waals surface area (Å²) in [7, 11) is 0. The fraction of sp³-hybridized carbons (Fsp3) is 0.500. The van der Waals surface area contributed by atoms with Gasteiger partial charge in [0, 0.05) is 0 Å². The van der Waals surface area contributed by atoms with E-state index in [1.54, 1.807) is 11.8 Å². The maximum absolute atomic E-state index is 10.5. The van der Waals surface area contributed by atoms with Crippen molar-refractivity contribution in [1.29, 1.82) is 0 Å². The Morgan fingerprint density at radius 3 is 2.78 bits per heavy atom. The fourth-order valence-electron chi connectivity index (χ4n) is 1.70. The highest BCUT2D eigenvalue weighted by molar-refractivity contribution is 7.99. The van der Waals surface area contributed by atoms with E-state index in [0.29, 0.717) is 6.42 Å². The van der Waals surface area contributed by atoms with Gasteiger partial charge in [-0.15, -0.1) is 0 Å². The Morgan fingerprint density at radius 2 is 2.11 bits per heavy atom. The van der Waals surface area contributed by atoms with E-state index in [0.717, 1.165) is 17.9 Å². The molecule has 0 heterocycles. The highest BCUT2D eigenvalue weighted by Gasteiger charge is 2.10. The Morgan fingerprint density at radius 1 is 1.39 bits per heavy atom. The van der Waals surface area contributed by atoms with Crippen molar-refractivity contribution in [1.82, 2.24) is 0 Å². The number of thioether (sulfide) groups is 1. The molecule has 0 spiro atoms. The van der Waals surface area contributed by atoms with E-state index < -0.39 is 12.0 Å². The van der Waals surface area contributed by atoms with Crippen molar-refractivity contribution in [2.24, 2.45) is 5.73 Å². The van der Waals surface area contributed by atoms with E-state index in [-0.39, 0.29) is 0 Å². The zero-order valence-electron chi connectivity index (χ0n) is 11.0. The highest BCUT2D eigenvalue weighted by Crippen LogP contribution is 2.15. The molecule has 3 N–H and O–H groups in total. The molecule has 0 aliphatic carbocycles. The lowest BCUT2D eigenvalue weighted by atomic mass is 10.0. The van der Waals surface area contributed by atoms with Gasteiger partial charge >= 0.3 is 5.97 Å². The molecule has 1 unspecified atom stereocenters. The van der Waals surface area contributed by atoms with Gasteiger partial charge in [0.25, 0.3) is 0 Å². The number of carboxylic acids is 1. The maximum Gasteiger partial charge on any atom is 0.320 e. The summed E-state index contributed by atoms with van der Waals surface area (Å²) in [6, 6.07) is 5.64. The molecule has 0 saturated carbocycles. The molecule has 0 saturated heterocycles. The third kappa shape index (κ3) is 4.70. The molecular formula is C14H21NO2S. The van der Waals surface area contributed by atoms with Gasteiger partial charge in [-0.1, -0.05) is 18.2 Å². The molecule has 0 amide bonds. The smallest absolute Gasteiger partial charge is 0.320 e. The number of nitrogens with two attached hydrogens (primary N) is 1. The number of carboxylic acid groups (broad SMARTS) is 1. The second-order valence-electron chi connectivity index (χ2n) is 4.45. The molecule has 0 aliphatic rings. The second-order valence-corrected chi connectivity index (χ2v) is 5.68. The van der Waals surface area contributed by atoms with Crippen molar-refractivity contribution in [2.45, 2.75) is 32.7 Å². The van der Waals surface area contributed by atoms with Crippen LogP contribution in [0.15, 0.2) is 18.2 Å². The summed E-state index contributed by atoms with van der Waals surface area (Å²) in [4.78, 5) is 10.5. The molecule has 4 heteroatoms. The molecule has 1 rings (SSSR count). The molecule has 0 fully saturated rings. The van der Waals surface area contributed by atoms with Crippen LogP contribution < -0.4 is 5.73 Å². The van der Waals surface area contributed by atoms with Crippen LogP contribution in [0.5, 0.6) is 0 Å². The van der Waals surface area contributed by atoms with Crippen LogP contribution in [0, 0.1) is 13.8 Å². The van der Waals surface area contributed by atoms with Crippen molar-refractivity contribution in [3.8, 4) is 0 Å². The van der Waals surface area contributed by atoms with Gasteiger partial charge in [-0.2, -0.15) is 11.8 Å². The number of aryl methyl sites for hydroxylation is 2. The fourth-order valence-corrected chi connectivity index (χ4v) is 2.69. The van der Waals surface area contributed by atoms with E-state index in [1.807, 2.05) is 0 Å². The molecule has 1 atom stereocenters. The molecule has 18 heavy (non-hydrogen) atoms. The van der Waals surface area contributed by atoms with Gasteiger partial charge in [-0.25, -0.2) is 0 Å². The summed E-state index contributed by atoms with van der Waals surface area (Å²) in [5.74, 6) is 0.903. The predicted molar refractivity (Wildman–Crippen MR) is 77.2 cm³/mol. The van der Waals surface area contributed by atoms with Crippen LogP contribution in [0.2, 0.25) is 0 Å². The molecule has 0 aliphatic heterocycles. The van der Waals surface area contributed by atoms with Gasteiger partial charge in [-0.05, 0) is 54.9 Å². The van der Waals surface area contributed by atoms with Gasteiger partial charge in [-0.3, -0.25) is 4.79 Å². The third-order valence-electron chi connectivity index (χ3n) is 3.12. The van der Waals surface area contributed by atoms with Crippen LogP contribution in [0.3, 0.4) is 0 Å². The van der Waals surface area contributed by atoms with Crippen LogP contribution in [0.25, 0.3) is 0 Å². The highest BCUT2D eigenvalue weighted by atomic mass is 32.2. The summed E-state index contributed by atoms with van der Waals surface area (Å²) >= 11 is 1.77. The second kappa shape index (κ2) is 7.44. The number of carbonyl (C=O) groups is 1. The van der Waals surface area contributed by atoms with Crippen molar-refractivity contribution in [3.63, 3.8) is 0 Å². The molecule has 1 aromatic rings. The summed E-state index contributed by atoms with van der Waals surface area (Å²) < 4.78 is 0. The lowest BCUT2D eigenvalue weighted by molar-refractivity contribution is -0.138. The topological polar surface area (TPSA) is 63.3 Å². The number of rotatable bonds is 7. The lowest BCUT2D eigenvalue weighted by Crippen LogP contribution is -2.30. The number of hydrogen-bond acceptors (Lipinski definition) is 3. The van der Waals surface area contributed by atoms with E-state index >= 15 is 0 Å². The Kier molecular flexibility index (Phi) is 6.22. The molecule has 3 nitrogen and oxygen atoms in total. The van der Waals surface area contributed by atoms with Gasteiger partial charge in [0.1, 0.15) is 6.04 Å². The van der Waals surface area contributed by atoms with Gasteiger partial charge < -0.3 is 10.8 Å². The summed E-state index contributed by atoms with van der Waals surface area (Å²) in [6.45, 7) is 4.27. The number of hydrogen-bond donors (Lipinski definition) is 2. The summed E-state index contributed by atoms with van der Waals surface area (Å²) in [6.07, 6.45) is 1.56. The van der Waals surface area contributed by atoms with Crippen molar-refractivity contribution >= 4 is 17.7 Å². The number of aliphatic carboxylic acids is 1. The standard InChI is InChI=1S/C14H21NO2S/c1-10-4-3-5-12(11(10)2)6-8-18-9-7-13(15)14(16)17/h3-5,13H,6-9,15H2,1-2H3,(H,16,17). The van der Waals surface area contributed by atoms with Crippen LogP contribution in [-0.4, -0.2) is 28.6 Å². The van der Waals surface area contributed by atoms with Gasteiger partial charge in [0.2, 0.25) is 0 Å². The lowest BCUT2D eigenvalue weighted by Gasteiger charge is -2.09. The first-order valence-corrected chi connectivity index (χ1v) is 7.29. The SMILES string of the molecule is Cc1cccc(CCSCCC(N)C(=O)O)c1C. The maximum atomic E-state index is 10.5. The first kappa shape index (κ1) is 15.1. The molecule has 0 bridgehead atoms. The zero-order valence-corrected chi connectivity index (χ0v) is 11.8. The predicted octanol–water partition coefficient (Wildman–Crippen LogP) is 2.38. The zero-order chi connectivity index (χ0) is 13.5. The minimum atomic E-state index is -0.912. The quantitative estimate of drug-likeness (QED) is 0.745. The van der Waals surface area contributed by atoms with E-state index in [1.165, 1.54) is 16.7 Å². The molecular weight excluding hydrogens is 246 g/mol. The Hall–Kier alpha value is -1.00. The normalized spacial score (nSPS) is 12.4. The van der Waals surface area contributed by atoms with Crippen LogP contribution in [0.1, 0.15) is 23.1 Å². The van der Waals surface area contributed by atoms with Gasteiger partial charge in [0.05, 0.1) is 0 Å².